The predicted molar refractivity (Wildman–Crippen MR) is 175 cm³/mol. The van der Waals surface area contributed by atoms with Crippen LogP contribution in [0.25, 0.3) is 44.9 Å². The van der Waals surface area contributed by atoms with E-state index >= 15 is 0 Å². The van der Waals surface area contributed by atoms with E-state index in [4.69, 9.17) is 5.10 Å². The number of thiophene rings is 1. The Hall–Kier alpha value is -4.16. The highest BCUT2D eigenvalue weighted by atomic mass is 32.1. The fraction of sp³-hybridized carbons (Fsp3) is 0.257. The van der Waals surface area contributed by atoms with Gasteiger partial charge in [0, 0.05) is 38.6 Å². The van der Waals surface area contributed by atoms with E-state index in [0.717, 1.165) is 73.3 Å². The number of fused-ring (bicyclic) bond motifs is 1. The highest BCUT2D eigenvalue weighted by molar-refractivity contribution is 7.13. The Bertz CT molecular complexity index is 1740. The molecule has 1 aliphatic rings. The van der Waals surface area contributed by atoms with Crippen molar-refractivity contribution >= 4 is 34.4 Å². The van der Waals surface area contributed by atoms with Gasteiger partial charge < -0.3 is 10.3 Å². The number of hydrogen-bond acceptors (Lipinski definition) is 4. The summed E-state index contributed by atoms with van der Waals surface area (Å²) in [7, 11) is 0. The Morgan fingerprint density at radius 2 is 2.00 bits per heavy atom. The van der Waals surface area contributed by atoms with Gasteiger partial charge in [0.15, 0.2) is 0 Å². The van der Waals surface area contributed by atoms with Gasteiger partial charge in [-0.2, -0.15) is 5.10 Å². The van der Waals surface area contributed by atoms with E-state index in [1.165, 1.54) is 37.0 Å². The van der Waals surface area contributed by atoms with Gasteiger partial charge in [0.05, 0.1) is 22.8 Å². The lowest BCUT2D eigenvalue weighted by molar-refractivity contribution is 0.353. The zero-order chi connectivity index (χ0) is 28.8. The van der Waals surface area contributed by atoms with Crippen LogP contribution in [0.15, 0.2) is 96.5 Å². The summed E-state index contributed by atoms with van der Waals surface area (Å²) >= 11 is 1.71. The fourth-order valence-electron chi connectivity index (χ4n) is 5.67. The minimum absolute atomic E-state index is 0.726. The first-order valence-electron chi connectivity index (χ1n) is 14.4. The molecule has 0 spiro atoms. The topological polar surface area (TPSA) is 69.4 Å². The van der Waals surface area contributed by atoms with Crippen molar-refractivity contribution in [2.45, 2.75) is 52.4 Å². The Balaban J connectivity index is 1.44. The molecule has 0 aromatic carbocycles. The molecule has 41 heavy (non-hydrogen) atoms. The van der Waals surface area contributed by atoms with Crippen LogP contribution in [0.5, 0.6) is 0 Å². The summed E-state index contributed by atoms with van der Waals surface area (Å²) in [6.07, 6.45) is 21.6. The second-order valence-electron chi connectivity index (χ2n) is 10.7. The monoisotopic (exact) mass is 561 g/mol. The number of pyridine rings is 1. The molecule has 0 saturated heterocycles. The molecule has 0 unspecified atom stereocenters. The molecule has 1 aliphatic carbocycles. The van der Waals surface area contributed by atoms with Gasteiger partial charge in [-0.15, -0.1) is 11.3 Å². The van der Waals surface area contributed by atoms with E-state index in [2.05, 4.69) is 81.9 Å². The normalized spacial score (nSPS) is 16.0. The first-order valence-corrected chi connectivity index (χ1v) is 15.3. The van der Waals surface area contributed by atoms with Crippen LogP contribution in [0.1, 0.15) is 52.4 Å². The van der Waals surface area contributed by atoms with E-state index < -0.39 is 0 Å². The molecule has 0 atom stereocenters. The first-order chi connectivity index (χ1) is 20.0. The second kappa shape index (κ2) is 13.0. The lowest BCUT2D eigenvalue weighted by Crippen LogP contribution is -2.23. The summed E-state index contributed by atoms with van der Waals surface area (Å²) in [5.41, 5.74) is 7.73. The molecule has 0 amide bonds. The van der Waals surface area contributed by atoms with Crippen LogP contribution in [0.3, 0.4) is 0 Å². The molecular formula is C35H39N5S. The van der Waals surface area contributed by atoms with Crippen molar-refractivity contribution in [1.29, 1.82) is 0 Å². The van der Waals surface area contributed by atoms with Crippen LogP contribution in [0.2, 0.25) is 0 Å². The molecule has 4 aromatic heterocycles. The number of aromatic nitrogens is 4. The van der Waals surface area contributed by atoms with Crippen LogP contribution in [-0.2, 0) is 0 Å². The molecule has 5 rings (SSSR count). The Kier molecular flexibility index (Phi) is 9.00. The van der Waals surface area contributed by atoms with Crippen LogP contribution >= 0.6 is 11.3 Å². The summed E-state index contributed by atoms with van der Waals surface area (Å²) in [5, 5.41) is 16.5. The molecule has 1 fully saturated rings. The SMILES string of the molecule is C=C/C(=C\C(=C/C)C(=C)/C=c1/c(-c2cc3c(-c4cccs4)cncc3[nH]2)n[nH]/c1=C/C)NC(=C)CC1CCCCC1. The molecule has 0 aliphatic heterocycles. The predicted octanol–water partition coefficient (Wildman–Crippen LogP) is 7.91. The van der Waals surface area contributed by atoms with E-state index in [1.54, 1.807) is 11.3 Å². The number of allylic oxidation sites excluding steroid dienone is 6. The number of H-pyrrole nitrogens is 2. The highest BCUT2D eigenvalue weighted by Gasteiger charge is 2.15. The van der Waals surface area contributed by atoms with Crippen LogP contribution in [-0.4, -0.2) is 20.2 Å². The molecule has 5 nitrogen and oxygen atoms in total. The molecule has 1 saturated carbocycles. The smallest absolute Gasteiger partial charge is 0.116 e. The largest absolute Gasteiger partial charge is 0.359 e. The van der Waals surface area contributed by atoms with Gasteiger partial charge in [-0.25, -0.2) is 0 Å². The zero-order valence-electron chi connectivity index (χ0n) is 24.1. The van der Waals surface area contributed by atoms with Gasteiger partial charge in [-0.05, 0) is 73.1 Å². The van der Waals surface area contributed by atoms with Gasteiger partial charge in [-0.3, -0.25) is 10.1 Å². The maximum absolute atomic E-state index is 4.70. The van der Waals surface area contributed by atoms with Gasteiger partial charge in [0.2, 0.25) is 0 Å². The van der Waals surface area contributed by atoms with Crippen molar-refractivity contribution < 1.29 is 0 Å². The molecule has 210 valence electrons. The van der Waals surface area contributed by atoms with E-state index in [0.29, 0.717) is 0 Å². The molecular weight excluding hydrogens is 522 g/mol. The van der Waals surface area contributed by atoms with Crippen molar-refractivity contribution in [2.24, 2.45) is 5.92 Å². The standard InChI is InChI=1S/C35H39N5S/c1-6-26(19-27(7-2)37-24(5)18-25-13-10-9-11-14-25)23(4)17-29-31(8-3)39-40-35(29)32-20-28-30(34-15-12-16-41-34)21-36-22-33(28)38-32/h6-8,12,15-17,19-22,25,37-39H,2,4-5,9-11,13-14,18H2,1,3H3/b26-6+,27-19+,29-17+,31-8+. The third kappa shape index (κ3) is 6.44. The molecule has 4 aromatic rings. The summed E-state index contributed by atoms with van der Waals surface area (Å²) in [6.45, 7) is 16.8. The third-order valence-corrected chi connectivity index (χ3v) is 8.72. The lowest BCUT2D eigenvalue weighted by Gasteiger charge is -2.23. The van der Waals surface area contributed by atoms with Gasteiger partial charge >= 0.3 is 0 Å². The summed E-state index contributed by atoms with van der Waals surface area (Å²) < 4.78 is 0. The summed E-state index contributed by atoms with van der Waals surface area (Å²) in [6, 6.07) is 6.35. The maximum Gasteiger partial charge on any atom is 0.116 e. The summed E-state index contributed by atoms with van der Waals surface area (Å²) in [4.78, 5) is 9.21. The van der Waals surface area contributed by atoms with Gasteiger partial charge in [0.1, 0.15) is 5.69 Å². The zero-order valence-corrected chi connectivity index (χ0v) is 24.9. The molecule has 3 N–H and O–H groups in total. The third-order valence-electron chi connectivity index (χ3n) is 7.82. The number of aromatic amines is 2. The Labute approximate surface area is 246 Å². The van der Waals surface area contributed by atoms with Gasteiger partial charge in [-0.1, -0.05) is 70.1 Å². The number of nitrogens with one attached hydrogen (secondary N) is 3. The Morgan fingerprint density at radius 1 is 1.17 bits per heavy atom. The van der Waals surface area contributed by atoms with Crippen molar-refractivity contribution in [2.75, 3.05) is 0 Å². The number of hydrogen-bond donors (Lipinski definition) is 3. The number of rotatable bonds is 10. The molecule has 0 radical (unpaired) electrons. The van der Waals surface area contributed by atoms with E-state index in [1.807, 2.05) is 38.4 Å². The van der Waals surface area contributed by atoms with Gasteiger partial charge in [0.25, 0.3) is 0 Å². The summed E-state index contributed by atoms with van der Waals surface area (Å²) in [5.74, 6) is 0.726. The maximum atomic E-state index is 4.70. The second-order valence-corrected chi connectivity index (χ2v) is 11.6. The highest BCUT2D eigenvalue weighted by Crippen LogP contribution is 2.33. The van der Waals surface area contributed by atoms with Crippen LogP contribution < -0.4 is 15.9 Å². The average Bonchev–Trinajstić information content (AvgIpc) is 3.75. The first kappa shape index (κ1) is 28.4. The van der Waals surface area contributed by atoms with Crippen molar-refractivity contribution in [3.8, 4) is 21.8 Å². The molecule has 0 bridgehead atoms. The fourth-order valence-corrected chi connectivity index (χ4v) is 6.42. The van der Waals surface area contributed by atoms with Crippen molar-refractivity contribution in [3.63, 3.8) is 0 Å². The van der Waals surface area contributed by atoms with Crippen LogP contribution in [0.4, 0.5) is 0 Å². The van der Waals surface area contributed by atoms with Crippen molar-refractivity contribution in [3.05, 3.63) is 107 Å². The van der Waals surface area contributed by atoms with E-state index in [-0.39, 0.29) is 0 Å². The Morgan fingerprint density at radius 3 is 2.71 bits per heavy atom. The van der Waals surface area contributed by atoms with Crippen molar-refractivity contribution in [1.82, 2.24) is 25.5 Å². The quantitative estimate of drug-likeness (QED) is 0.172. The molecule has 4 heterocycles. The van der Waals surface area contributed by atoms with E-state index in [9.17, 15) is 0 Å². The average molecular weight is 562 g/mol. The van der Waals surface area contributed by atoms with Crippen LogP contribution in [0, 0.1) is 5.92 Å². The number of nitrogens with zero attached hydrogens (tertiary/aromatic N) is 2. The molecule has 6 heteroatoms. The minimum atomic E-state index is 0.726. The lowest BCUT2D eigenvalue weighted by atomic mass is 9.86. The minimum Gasteiger partial charge on any atom is -0.359 e.